The summed E-state index contributed by atoms with van der Waals surface area (Å²) in [5, 5.41) is 9.65. The number of aromatic nitrogens is 3. The van der Waals surface area contributed by atoms with E-state index in [0.29, 0.717) is 5.56 Å². The Morgan fingerprint density at radius 3 is 2.39 bits per heavy atom. The van der Waals surface area contributed by atoms with Crippen LogP contribution in [0.5, 0.6) is 0 Å². The SMILES string of the molecule is Cc1cc(N2CCN(c3nc4c(cc3C#N)CCCC4)CC2)nc(N(C)C)n1. The largest absolute Gasteiger partial charge is 0.353 e. The van der Waals surface area contributed by atoms with Gasteiger partial charge in [0.1, 0.15) is 17.7 Å². The van der Waals surface area contributed by atoms with Crippen LogP contribution in [-0.2, 0) is 12.8 Å². The summed E-state index contributed by atoms with van der Waals surface area (Å²) in [6, 6.07) is 6.48. The second-order valence-electron chi connectivity index (χ2n) is 7.82. The van der Waals surface area contributed by atoms with Gasteiger partial charge in [-0.15, -0.1) is 0 Å². The maximum atomic E-state index is 9.65. The first kappa shape index (κ1) is 18.5. The van der Waals surface area contributed by atoms with Crippen molar-refractivity contribution in [2.75, 3.05) is 55.0 Å². The third kappa shape index (κ3) is 3.59. The van der Waals surface area contributed by atoms with Crippen molar-refractivity contribution in [2.24, 2.45) is 0 Å². The highest BCUT2D eigenvalue weighted by atomic mass is 15.3. The van der Waals surface area contributed by atoms with E-state index in [0.717, 1.165) is 62.3 Å². The first-order chi connectivity index (χ1) is 13.5. The van der Waals surface area contributed by atoms with Crippen LogP contribution >= 0.6 is 0 Å². The number of pyridine rings is 1. The number of nitrogens with zero attached hydrogens (tertiary/aromatic N) is 7. The molecule has 2 aromatic rings. The topological polar surface area (TPSA) is 72.2 Å². The molecule has 2 aromatic heterocycles. The van der Waals surface area contributed by atoms with Crippen LogP contribution in [0, 0.1) is 18.3 Å². The molecule has 0 aromatic carbocycles. The molecule has 3 heterocycles. The lowest BCUT2D eigenvalue weighted by atomic mass is 9.95. The van der Waals surface area contributed by atoms with Crippen LogP contribution in [0.15, 0.2) is 12.1 Å². The molecule has 0 amide bonds. The van der Waals surface area contributed by atoms with Crippen LogP contribution in [-0.4, -0.2) is 55.2 Å². The van der Waals surface area contributed by atoms with Gasteiger partial charge >= 0.3 is 0 Å². The zero-order chi connectivity index (χ0) is 19.7. The minimum Gasteiger partial charge on any atom is -0.353 e. The Morgan fingerprint density at radius 1 is 0.964 bits per heavy atom. The predicted octanol–water partition coefficient (Wildman–Crippen LogP) is 2.32. The van der Waals surface area contributed by atoms with E-state index < -0.39 is 0 Å². The summed E-state index contributed by atoms with van der Waals surface area (Å²) in [7, 11) is 3.92. The fourth-order valence-electron chi connectivity index (χ4n) is 3.99. The molecule has 0 spiro atoms. The molecule has 1 aliphatic carbocycles. The van der Waals surface area contributed by atoms with Gasteiger partial charge in [0.25, 0.3) is 0 Å². The van der Waals surface area contributed by atoms with Gasteiger partial charge in [-0.3, -0.25) is 0 Å². The minimum absolute atomic E-state index is 0.710. The minimum atomic E-state index is 0.710. The number of aryl methyl sites for hydroxylation is 3. The third-order valence-electron chi connectivity index (χ3n) is 5.53. The Kier molecular flexibility index (Phi) is 5.03. The molecule has 4 rings (SSSR count). The maximum absolute atomic E-state index is 9.65. The lowest BCUT2D eigenvalue weighted by Crippen LogP contribution is -2.47. The lowest BCUT2D eigenvalue weighted by molar-refractivity contribution is 0.629. The molecule has 1 saturated heterocycles. The van der Waals surface area contributed by atoms with Gasteiger partial charge in [-0.1, -0.05) is 0 Å². The van der Waals surface area contributed by atoms with Crippen molar-refractivity contribution in [3.63, 3.8) is 0 Å². The summed E-state index contributed by atoms with van der Waals surface area (Å²) >= 11 is 0. The number of hydrogen-bond donors (Lipinski definition) is 0. The van der Waals surface area contributed by atoms with Gasteiger partial charge in [0, 0.05) is 57.7 Å². The second kappa shape index (κ2) is 7.63. The van der Waals surface area contributed by atoms with E-state index in [1.54, 1.807) is 0 Å². The van der Waals surface area contributed by atoms with Gasteiger partial charge in [-0.05, 0) is 44.2 Å². The summed E-state index contributed by atoms with van der Waals surface area (Å²) in [6.45, 7) is 5.38. The summed E-state index contributed by atoms with van der Waals surface area (Å²) in [5.74, 6) is 2.56. The molecule has 0 atom stereocenters. The zero-order valence-corrected chi connectivity index (χ0v) is 16.9. The Hall–Kier alpha value is -2.88. The van der Waals surface area contributed by atoms with Crippen molar-refractivity contribution >= 4 is 17.6 Å². The molecule has 1 aliphatic heterocycles. The first-order valence-electron chi connectivity index (χ1n) is 10.0. The fraction of sp³-hybridized carbons (Fsp3) is 0.524. The van der Waals surface area contributed by atoms with Crippen LogP contribution in [0.1, 0.15) is 35.4 Å². The Balaban J connectivity index is 1.53. The van der Waals surface area contributed by atoms with Crippen LogP contribution in [0.2, 0.25) is 0 Å². The molecule has 0 N–H and O–H groups in total. The highest BCUT2D eigenvalue weighted by molar-refractivity contribution is 5.58. The van der Waals surface area contributed by atoms with Crippen molar-refractivity contribution in [3.8, 4) is 6.07 Å². The number of fused-ring (bicyclic) bond motifs is 1. The number of hydrogen-bond acceptors (Lipinski definition) is 7. The first-order valence-corrected chi connectivity index (χ1v) is 10.0. The predicted molar refractivity (Wildman–Crippen MR) is 111 cm³/mol. The highest BCUT2D eigenvalue weighted by Gasteiger charge is 2.24. The fourth-order valence-corrected chi connectivity index (χ4v) is 3.99. The standard InChI is InChI=1S/C21H27N7/c1-15-12-19(25-21(23-15)26(2)3)27-8-10-28(11-9-27)20-17(14-22)13-16-6-4-5-7-18(16)24-20/h12-13H,4-11H2,1-3H3. The van der Waals surface area contributed by atoms with E-state index in [4.69, 9.17) is 9.97 Å². The Labute approximate surface area is 166 Å². The number of anilines is 3. The molecule has 7 heteroatoms. The number of rotatable bonds is 3. The van der Waals surface area contributed by atoms with Crippen LogP contribution in [0.25, 0.3) is 0 Å². The van der Waals surface area contributed by atoms with Crippen molar-refractivity contribution in [1.82, 2.24) is 15.0 Å². The molecule has 1 fully saturated rings. The van der Waals surface area contributed by atoms with Crippen LogP contribution in [0.4, 0.5) is 17.6 Å². The van der Waals surface area contributed by atoms with Crippen molar-refractivity contribution < 1.29 is 0 Å². The molecule has 28 heavy (non-hydrogen) atoms. The van der Waals surface area contributed by atoms with Gasteiger partial charge in [0.2, 0.25) is 5.95 Å². The normalized spacial score (nSPS) is 16.5. The van der Waals surface area contributed by atoms with Gasteiger partial charge < -0.3 is 14.7 Å². The van der Waals surface area contributed by atoms with Gasteiger partial charge in [-0.25, -0.2) is 9.97 Å². The second-order valence-corrected chi connectivity index (χ2v) is 7.82. The van der Waals surface area contributed by atoms with E-state index >= 15 is 0 Å². The molecule has 2 aliphatic rings. The van der Waals surface area contributed by atoms with Gasteiger partial charge in [0.05, 0.1) is 5.56 Å². The van der Waals surface area contributed by atoms with E-state index in [1.807, 2.05) is 32.0 Å². The monoisotopic (exact) mass is 377 g/mol. The van der Waals surface area contributed by atoms with Gasteiger partial charge in [-0.2, -0.15) is 10.2 Å². The summed E-state index contributed by atoms with van der Waals surface area (Å²) in [5.41, 5.74) is 4.13. The number of piperazine rings is 1. The van der Waals surface area contributed by atoms with Crippen molar-refractivity contribution in [3.05, 3.63) is 34.6 Å². The average molecular weight is 377 g/mol. The van der Waals surface area contributed by atoms with E-state index in [-0.39, 0.29) is 0 Å². The Morgan fingerprint density at radius 2 is 1.68 bits per heavy atom. The van der Waals surface area contributed by atoms with Crippen molar-refractivity contribution in [2.45, 2.75) is 32.6 Å². The molecule has 0 unspecified atom stereocenters. The van der Waals surface area contributed by atoms with Crippen LogP contribution in [0.3, 0.4) is 0 Å². The number of nitriles is 1. The highest BCUT2D eigenvalue weighted by Crippen LogP contribution is 2.28. The van der Waals surface area contributed by atoms with E-state index in [1.165, 1.54) is 24.1 Å². The lowest BCUT2D eigenvalue weighted by Gasteiger charge is -2.37. The van der Waals surface area contributed by atoms with E-state index in [2.05, 4.69) is 26.9 Å². The quantitative estimate of drug-likeness (QED) is 0.813. The average Bonchev–Trinajstić information content (AvgIpc) is 2.72. The molecule has 0 bridgehead atoms. The molecular weight excluding hydrogens is 350 g/mol. The summed E-state index contributed by atoms with van der Waals surface area (Å²) in [6.07, 6.45) is 4.47. The zero-order valence-electron chi connectivity index (χ0n) is 16.9. The van der Waals surface area contributed by atoms with E-state index in [9.17, 15) is 5.26 Å². The molecule has 0 saturated carbocycles. The van der Waals surface area contributed by atoms with Gasteiger partial charge in [0.15, 0.2) is 0 Å². The summed E-state index contributed by atoms with van der Waals surface area (Å²) < 4.78 is 0. The molecule has 146 valence electrons. The van der Waals surface area contributed by atoms with Crippen LogP contribution < -0.4 is 14.7 Å². The Bertz CT molecular complexity index is 908. The maximum Gasteiger partial charge on any atom is 0.226 e. The third-order valence-corrected chi connectivity index (χ3v) is 5.53. The molecule has 7 nitrogen and oxygen atoms in total. The molecular formula is C21H27N7. The molecule has 0 radical (unpaired) electrons. The summed E-state index contributed by atoms with van der Waals surface area (Å²) in [4.78, 5) is 20.6. The van der Waals surface area contributed by atoms with Crippen molar-refractivity contribution in [1.29, 1.82) is 5.26 Å². The smallest absolute Gasteiger partial charge is 0.226 e.